The zero-order chi connectivity index (χ0) is 14.8. The smallest absolute Gasteiger partial charge is 0.372 e. The molecule has 1 heterocycles. The monoisotopic (exact) mass is 277 g/mol. The van der Waals surface area contributed by atoms with Gasteiger partial charge in [0.25, 0.3) is 0 Å². The maximum absolute atomic E-state index is 11.3. The number of carbonyl (C=O) groups is 1. The number of para-hydroxylation sites is 1. The molecule has 1 atom stereocenters. The molecule has 0 aliphatic heterocycles. The van der Waals surface area contributed by atoms with Crippen LogP contribution in [0, 0.1) is 0 Å². The van der Waals surface area contributed by atoms with Gasteiger partial charge in [0.2, 0.25) is 5.76 Å². The van der Waals surface area contributed by atoms with Gasteiger partial charge in [0, 0.05) is 23.0 Å². The Labute approximate surface area is 117 Å². The van der Waals surface area contributed by atoms with E-state index in [1.54, 1.807) is 12.1 Å². The molecule has 3 N–H and O–H groups in total. The lowest BCUT2D eigenvalue weighted by Gasteiger charge is -2.27. The molecule has 1 aromatic heterocycles. The third-order valence-corrected chi connectivity index (χ3v) is 3.71. The van der Waals surface area contributed by atoms with Gasteiger partial charge in [0.1, 0.15) is 5.58 Å². The number of fused-ring (bicyclic) bond motifs is 1. The molecule has 108 valence electrons. The quantitative estimate of drug-likeness (QED) is 0.755. The van der Waals surface area contributed by atoms with Crippen molar-refractivity contribution < 1.29 is 19.4 Å². The third-order valence-electron chi connectivity index (χ3n) is 3.71. The van der Waals surface area contributed by atoms with Crippen LogP contribution in [0.2, 0.25) is 0 Å². The summed E-state index contributed by atoms with van der Waals surface area (Å²) in [6.07, 6.45) is 0.738. The van der Waals surface area contributed by atoms with E-state index in [2.05, 4.69) is 5.32 Å². The number of benzene rings is 1. The van der Waals surface area contributed by atoms with E-state index >= 15 is 0 Å². The first-order valence-electron chi connectivity index (χ1n) is 6.60. The van der Waals surface area contributed by atoms with E-state index in [0.717, 1.165) is 11.8 Å². The van der Waals surface area contributed by atoms with Crippen molar-refractivity contribution in [2.24, 2.45) is 0 Å². The summed E-state index contributed by atoms with van der Waals surface area (Å²) in [4.78, 5) is 11.3. The van der Waals surface area contributed by atoms with Crippen molar-refractivity contribution in [3.8, 4) is 0 Å². The first kappa shape index (κ1) is 14.6. The van der Waals surface area contributed by atoms with Gasteiger partial charge in [-0.25, -0.2) is 4.79 Å². The van der Waals surface area contributed by atoms with Gasteiger partial charge in [-0.2, -0.15) is 0 Å². The number of aromatic carboxylic acids is 1. The number of carboxylic acid groups (broad SMARTS) is 1. The number of hydrogen-bond acceptors (Lipinski definition) is 4. The molecule has 0 bridgehead atoms. The van der Waals surface area contributed by atoms with Crippen molar-refractivity contribution in [2.75, 3.05) is 6.61 Å². The Bertz CT molecular complexity index is 613. The lowest BCUT2D eigenvalue weighted by Crippen LogP contribution is -2.44. The SMILES string of the molecule is CCC(C)(CO)NCc1c(C(=O)O)oc2ccccc12. The zero-order valence-electron chi connectivity index (χ0n) is 11.6. The second-order valence-corrected chi connectivity index (χ2v) is 5.14. The van der Waals surface area contributed by atoms with Crippen LogP contribution in [0.25, 0.3) is 11.0 Å². The Morgan fingerprint density at radius 2 is 2.10 bits per heavy atom. The first-order valence-corrected chi connectivity index (χ1v) is 6.60. The van der Waals surface area contributed by atoms with Gasteiger partial charge in [0.15, 0.2) is 0 Å². The number of rotatable bonds is 6. The summed E-state index contributed by atoms with van der Waals surface area (Å²) in [6, 6.07) is 7.23. The summed E-state index contributed by atoms with van der Waals surface area (Å²) >= 11 is 0. The predicted molar refractivity (Wildman–Crippen MR) is 75.8 cm³/mol. The highest BCUT2D eigenvalue weighted by Gasteiger charge is 2.24. The van der Waals surface area contributed by atoms with Gasteiger partial charge in [-0.15, -0.1) is 0 Å². The molecule has 0 saturated heterocycles. The van der Waals surface area contributed by atoms with Gasteiger partial charge in [-0.3, -0.25) is 0 Å². The topological polar surface area (TPSA) is 82.7 Å². The Kier molecular flexibility index (Phi) is 4.11. The van der Waals surface area contributed by atoms with Crippen LogP contribution in [0.4, 0.5) is 0 Å². The summed E-state index contributed by atoms with van der Waals surface area (Å²) < 4.78 is 5.39. The summed E-state index contributed by atoms with van der Waals surface area (Å²) in [7, 11) is 0. The van der Waals surface area contributed by atoms with Gasteiger partial charge in [-0.05, 0) is 19.4 Å². The molecule has 0 fully saturated rings. The fourth-order valence-electron chi connectivity index (χ4n) is 2.04. The van der Waals surface area contributed by atoms with E-state index in [1.165, 1.54) is 0 Å². The second kappa shape index (κ2) is 5.64. The van der Waals surface area contributed by atoms with E-state index in [-0.39, 0.29) is 12.4 Å². The number of aliphatic hydroxyl groups is 1. The molecule has 0 aliphatic rings. The van der Waals surface area contributed by atoms with Gasteiger partial charge < -0.3 is 19.9 Å². The van der Waals surface area contributed by atoms with Gasteiger partial charge in [0.05, 0.1) is 6.61 Å². The van der Waals surface area contributed by atoms with Crippen molar-refractivity contribution in [2.45, 2.75) is 32.4 Å². The molecule has 1 aromatic carbocycles. The number of hydrogen-bond donors (Lipinski definition) is 3. The van der Waals surface area contributed by atoms with Crippen LogP contribution in [-0.2, 0) is 6.54 Å². The normalized spacial score (nSPS) is 14.3. The van der Waals surface area contributed by atoms with Crippen LogP contribution in [0.15, 0.2) is 28.7 Å². The Morgan fingerprint density at radius 3 is 2.70 bits per heavy atom. The lowest BCUT2D eigenvalue weighted by atomic mass is 9.99. The molecular formula is C15H19NO4. The van der Waals surface area contributed by atoms with Crippen LogP contribution < -0.4 is 5.32 Å². The highest BCUT2D eigenvalue weighted by atomic mass is 16.4. The molecule has 0 aliphatic carbocycles. The van der Waals surface area contributed by atoms with Gasteiger partial charge in [-0.1, -0.05) is 25.1 Å². The molecule has 1 unspecified atom stereocenters. The molecule has 0 radical (unpaired) electrons. The molecule has 2 rings (SSSR count). The minimum absolute atomic E-state index is 0.0122. The molecule has 0 amide bonds. The highest BCUT2D eigenvalue weighted by molar-refractivity contribution is 5.95. The number of carboxylic acids is 1. The van der Waals surface area contributed by atoms with Crippen molar-refractivity contribution in [1.29, 1.82) is 0 Å². The van der Waals surface area contributed by atoms with Crippen molar-refractivity contribution >= 4 is 16.9 Å². The summed E-state index contributed by atoms with van der Waals surface area (Å²) in [5, 5.41) is 22.6. The van der Waals surface area contributed by atoms with Crippen LogP contribution in [0.3, 0.4) is 0 Å². The predicted octanol–water partition coefficient (Wildman–Crippen LogP) is 2.38. The van der Waals surface area contributed by atoms with Crippen LogP contribution in [0.1, 0.15) is 36.4 Å². The molecule has 20 heavy (non-hydrogen) atoms. The van der Waals surface area contributed by atoms with Crippen molar-refractivity contribution in [3.05, 3.63) is 35.6 Å². The fourth-order valence-corrected chi connectivity index (χ4v) is 2.04. The zero-order valence-corrected chi connectivity index (χ0v) is 11.6. The average Bonchev–Trinajstić information content (AvgIpc) is 2.84. The standard InChI is InChI=1S/C15H19NO4/c1-3-15(2,9-17)16-8-11-10-6-4-5-7-12(10)20-13(11)14(18)19/h4-7,16-17H,3,8-9H2,1-2H3,(H,18,19). The largest absolute Gasteiger partial charge is 0.475 e. The summed E-state index contributed by atoms with van der Waals surface area (Å²) in [5.41, 5.74) is 0.735. The maximum Gasteiger partial charge on any atom is 0.372 e. The Morgan fingerprint density at radius 1 is 1.40 bits per heavy atom. The third kappa shape index (κ3) is 2.69. The minimum atomic E-state index is -1.08. The summed E-state index contributed by atoms with van der Waals surface area (Å²) in [6.45, 7) is 4.19. The molecule has 0 spiro atoms. The van der Waals surface area contributed by atoms with Crippen molar-refractivity contribution in [3.63, 3.8) is 0 Å². The van der Waals surface area contributed by atoms with Gasteiger partial charge >= 0.3 is 5.97 Å². The highest BCUT2D eigenvalue weighted by Crippen LogP contribution is 2.26. The fraction of sp³-hybridized carbons (Fsp3) is 0.400. The van der Waals surface area contributed by atoms with E-state index in [9.17, 15) is 15.0 Å². The molecule has 5 heteroatoms. The molecule has 0 saturated carbocycles. The Balaban J connectivity index is 2.37. The number of nitrogens with one attached hydrogen (secondary N) is 1. The molecule has 2 aromatic rings. The number of aliphatic hydroxyl groups excluding tert-OH is 1. The van der Waals surface area contributed by atoms with Crippen molar-refractivity contribution in [1.82, 2.24) is 5.32 Å². The maximum atomic E-state index is 11.3. The second-order valence-electron chi connectivity index (χ2n) is 5.14. The lowest BCUT2D eigenvalue weighted by molar-refractivity contribution is 0.0662. The van der Waals surface area contributed by atoms with Crippen LogP contribution >= 0.6 is 0 Å². The first-order chi connectivity index (χ1) is 9.50. The minimum Gasteiger partial charge on any atom is -0.475 e. The van der Waals surface area contributed by atoms with Crippen LogP contribution in [0.5, 0.6) is 0 Å². The molecular weight excluding hydrogens is 258 g/mol. The van der Waals surface area contributed by atoms with E-state index < -0.39 is 11.5 Å². The average molecular weight is 277 g/mol. The summed E-state index contributed by atoms with van der Waals surface area (Å²) in [5.74, 6) is -1.13. The number of furan rings is 1. The van der Waals surface area contributed by atoms with E-state index in [0.29, 0.717) is 17.7 Å². The van der Waals surface area contributed by atoms with Crippen LogP contribution in [-0.4, -0.2) is 28.3 Å². The van der Waals surface area contributed by atoms with E-state index in [1.807, 2.05) is 26.0 Å². The molecule has 5 nitrogen and oxygen atoms in total. The van der Waals surface area contributed by atoms with E-state index in [4.69, 9.17) is 4.42 Å². The Hall–Kier alpha value is -1.85.